The Morgan fingerprint density at radius 3 is 2.47 bits per heavy atom. The first kappa shape index (κ1) is 27.2. The molecular weight excluding hydrogens is 460 g/mol. The molecule has 0 aliphatic rings. The van der Waals surface area contributed by atoms with E-state index in [1.807, 2.05) is 0 Å². The Kier molecular flexibility index (Phi) is 9.48. The Bertz CT molecular complexity index is 1000. The maximum Gasteiger partial charge on any atom is 0.417 e. The predicted molar refractivity (Wildman–Crippen MR) is 118 cm³/mol. The number of halogens is 4. The number of nitrogens with one attached hydrogen (secondary N) is 1. The lowest BCUT2D eigenvalue weighted by Crippen LogP contribution is -2.34. The third kappa shape index (κ3) is 8.69. The van der Waals surface area contributed by atoms with Crippen LogP contribution in [-0.4, -0.2) is 49.7 Å². The average molecular weight is 488 g/mol. The molecule has 1 N–H and O–H groups in total. The van der Waals surface area contributed by atoms with Crippen LogP contribution in [0.5, 0.6) is 11.6 Å². The van der Waals surface area contributed by atoms with Crippen molar-refractivity contribution < 1.29 is 41.3 Å². The Balaban J connectivity index is 2.13. The number of ether oxygens (including phenoxy) is 4. The van der Waals surface area contributed by atoms with Gasteiger partial charge in [-0.25, -0.2) is 14.2 Å². The van der Waals surface area contributed by atoms with Gasteiger partial charge in [0.25, 0.3) is 0 Å². The summed E-state index contributed by atoms with van der Waals surface area (Å²) >= 11 is 0. The van der Waals surface area contributed by atoms with Crippen LogP contribution in [0.15, 0.2) is 36.2 Å². The molecule has 2 aromatic rings. The number of fused-ring (bicyclic) bond motifs is 1. The second kappa shape index (κ2) is 11.9. The van der Waals surface area contributed by atoms with Crippen molar-refractivity contribution in [2.24, 2.45) is 0 Å². The number of rotatable bonds is 10. The smallest absolute Gasteiger partial charge is 0.417 e. The lowest BCUT2D eigenvalue weighted by Gasteiger charge is -2.20. The Morgan fingerprint density at radius 1 is 1.12 bits per heavy atom. The fraction of sp³-hybridized carbons (Fsp3) is 0.478. The molecule has 1 amide bonds. The molecule has 0 atom stereocenters. The molecule has 0 aliphatic heterocycles. The number of nitrogens with zero attached hydrogens (tertiary/aromatic N) is 1. The first-order valence-corrected chi connectivity index (χ1v) is 10.5. The van der Waals surface area contributed by atoms with E-state index in [1.165, 1.54) is 18.2 Å². The van der Waals surface area contributed by atoms with E-state index in [4.69, 9.17) is 18.9 Å². The van der Waals surface area contributed by atoms with E-state index in [9.17, 15) is 22.4 Å². The lowest BCUT2D eigenvalue weighted by molar-refractivity contribution is -0.136. The van der Waals surface area contributed by atoms with Gasteiger partial charge in [-0.15, -0.1) is 0 Å². The van der Waals surface area contributed by atoms with Crippen molar-refractivity contribution in [3.63, 3.8) is 0 Å². The fourth-order valence-corrected chi connectivity index (χ4v) is 2.73. The van der Waals surface area contributed by atoms with Gasteiger partial charge < -0.3 is 24.3 Å². The van der Waals surface area contributed by atoms with Crippen molar-refractivity contribution in [1.82, 2.24) is 10.3 Å². The molecule has 0 saturated carbocycles. The van der Waals surface area contributed by atoms with Crippen molar-refractivity contribution >= 4 is 17.0 Å². The molecule has 1 aromatic heterocycles. The fourth-order valence-electron chi connectivity index (χ4n) is 2.73. The van der Waals surface area contributed by atoms with E-state index >= 15 is 0 Å². The van der Waals surface area contributed by atoms with E-state index in [0.717, 1.165) is 6.07 Å². The predicted octanol–water partition coefficient (Wildman–Crippen LogP) is 5.43. The minimum Gasteiger partial charge on any atom is -0.489 e. The van der Waals surface area contributed by atoms with Gasteiger partial charge in [0.1, 0.15) is 24.6 Å². The van der Waals surface area contributed by atoms with Crippen LogP contribution in [0.25, 0.3) is 10.9 Å². The maximum atomic E-state index is 13.7. The van der Waals surface area contributed by atoms with Crippen molar-refractivity contribution in [3.8, 4) is 11.6 Å². The molecule has 1 aromatic carbocycles. The molecule has 0 fully saturated rings. The standard InChI is InChI=1S/C23H28F4N2O5/c1-5-31-8-9-32-20-11-18(23(25,26)27)17-10-16(6-7-19(17)29-20)33-14-15(12-24)13-28-21(30)34-22(2,3)4/h6-7,10-12H,5,8-9,13-14H2,1-4H3,(H,28,30)/b15-12+. The van der Waals surface area contributed by atoms with Gasteiger partial charge in [0, 0.05) is 30.2 Å². The van der Waals surface area contributed by atoms with Gasteiger partial charge in [0.15, 0.2) is 0 Å². The number of amides is 1. The quantitative estimate of drug-likeness (QED) is 0.355. The van der Waals surface area contributed by atoms with Crippen molar-refractivity contribution in [2.45, 2.75) is 39.5 Å². The molecule has 0 spiro atoms. The SMILES string of the molecule is CCOCCOc1cc(C(F)(F)F)c2cc(OC/C(=C/F)CNC(=O)OC(C)(C)C)ccc2n1. The highest BCUT2D eigenvalue weighted by molar-refractivity contribution is 5.85. The summed E-state index contributed by atoms with van der Waals surface area (Å²) in [6.07, 6.45) is -5.15. The number of benzene rings is 1. The topological polar surface area (TPSA) is 78.9 Å². The molecule has 0 unspecified atom stereocenters. The first-order valence-electron chi connectivity index (χ1n) is 10.5. The van der Waals surface area contributed by atoms with E-state index in [0.29, 0.717) is 6.61 Å². The number of hydrogen-bond acceptors (Lipinski definition) is 6. The van der Waals surface area contributed by atoms with Crippen molar-refractivity contribution in [1.29, 1.82) is 0 Å². The maximum absolute atomic E-state index is 13.7. The van der Waals surface area contributed by atoms with Crippen LogP contribution >= 0.6 is 0 Å². The van der Waals surface area contributed by atoms with E-state index in [2.05, 4.69) is 10.3 Å². The number of aromatic nitrogens is 1. The number of hydrogen-bond donors (Lipinski definition) is 1. The molecule has 0 radical (unpaired) electrons. The molecule has 7 nitrogen and oxygen atoms in total. The summed E-state index contributed by atoms with van der Waals surface area (Å²) in [6.45, 7) is 7.07. The number of pyridine rings is 1. The zero-order chi connectivity index (χ0) is 25.4. The van der Waals surface area contributed by atoms with Gasteiger partial charge in [-0.1, -0.05) is 0 Å². The third-order valence-corrected chi connectivity index (χ3v) is 4.18. The monoisotopic (exact) mass is 488 g/mol. The van der Waals surface area contributed by atoms with Gasteiger partial charge in [-0.05, 0) is 45.9 Å². The summed E-state index contributed by atoms with van der Waals surface area (Å²) in [4.78, 5) is 15.8. The molecule has 11 heteroatoms. The van der Waals surface area contributed by atoms with E-state index < -0.39 is 23.4 Å². The van der Waals surface area contributed by atoms with Crippen LogP contribution in [0.4, 0.5) is 22.4 Å². The molecule has 0 bridgehead atoms. The van der Waals surface area contributed by atoms with Crippen LogP contribution in [0.2, 0.25) is 0 Å². The summed E-state index contributed by atoms with van der Waals surface area (Å²) in [5, 5.41) is 2.19. The summed E-state index contributed by atoms with van der Waals surface area (Å²) in [7, 11) is 0. The van der Waals surface area contributed by atoms with Crippen LogP contribution in [0, 0.1) is 0 Å². The highest BCUT2D eigenvalue weighted by atomic mass is 19.4. The highest BCUT2D eigenvalue weighted by Gasteiger charge is 2.34. The first-order chi connectivity index (χ1) is 15.9. The Labute approximate surface area is 195 Å². The number of carbonyl (C=O) groups is 1. The number of carbonyl (C=O) groups excluding carboxylic acids is 1. The molecule has 0 aliphatic carbocycles. The minimum absolute atomic E-state index is 0.0539. The van der Waals surface area contributed by atoms with Gasteiger partial charge in [0.2, 0.25) is 5.88 Å². The molecule has 188 valence electrons. The number of alkyl halides is 3. The van der Waals surface area contributed by atoms with Crippen LogP contribution in [0.1, 0.15) is 33.3 Å². The summed E-state index contributed by atoms with van der Waals surface area (Å²) in [5.74, 6) is -0.106. The zero-order valence-electron chi connectivity index (χ0n) is 19.4. The lowest BCUT2D eigenvalue weighted by atomic mass is 10.1. The van der Waals surface area contributed by atoms with Gasteiger partial charge in [-0.3, -0.25) is 0 Å². The molecule has 0 saturated heterocycles. The third-order valence-electron chi connectivity index (χ3n) is 4.18. The Hall–Kier alpha value is -3.08. The molecule has 2 rings (SSSR count). The van der Waals surface area contributed by atoms with Gasteiger partial charge >= 0.3 is 12.3 Å². The normalized spacial score (nSPS) is 12.5. The minimum atomic E-state index is -4.67. The van der Waals surface area contributed by atoms with Gasteiger partial charge in [-0.2, -0.15) is 13.2 Å². The molecule has 34 heavy (non-hydrogen) atoms. The van der Waals surface area contributed by atoms with Crippen LogP contribution in [-0.2, 0) is 15.7 Å². The molecular formula is C23H28F4N2O5. The van der Waals surface area contributed by atoms with E-state index in [1.54, 1.807) is 27.7 Å². The van der Waals surface area contributed by atoms with E-state index in [-0.39, 0.29) is 60.8 Å². The zero-order valence-corrected chi connectivity index (χ0v) is 19.4. The van der Waals surface area contributed by atoms with Crippen LogP contribution in [0.3, 0.4) is 0 Å². The van der Waals surface area contributed by atoms with Crippen molar-refractivity contribution in [2.75, 3.05) is 33.0 Å². The largest absolute Gasteiger partial charge is 0.489 e. The summed E-state index contributed by atoms with van der Waals surface area (Å²) in [5.41, 5.74) is -1.55. The summed E-state index contributed by atoms with van der Waals surface area (Å²) in [6, 6.07) is 4.76. The average Bonchev–Trinajstić information content (AvgIpc) is 2.74. The van der Waals surface area contributed by atoms with Crippen LogP contribution < -0.4 is 14.8 Å². The second-order valence-corrected chi connectivity index (χ2v) is 8.14. The highest BCUT2D eigenvalue weighted by Crippen LogP contribution is 2.37. The van der Waals surface area contributed by atoms with Gasteiger partial charge in [0.05, 0.1) is 24.0 Å². The second-order valence-electron chi connectivity index (χ2n) is 8.14. The number of alkyl carbamates (subject to hydrolysis) is 1. The molecule has 1 heterocycles. The Morgan fingerprint density at radius 2 is 1.85 bits per heavy atom. The summed E-state index contributed by atoms with van der Waals surface area (Å²) < 4.78 is 75.1. The van der Waals surface area contributed by atoms with Crippen molar-refractivity contribution in [3.05, 3.63) is 41.7 Å².